The first-order valence-corrected chi connectivity index (χ1v) is 14.0. The van der Waals surface area contributed by atoms with Crippen molar-refractivity contribution in [1.29, 1.82) is 0 Å². The molecule has 0 N–H and O–H groups in total. The van der Waals surface area contributed by atoms with Gasteiger partial charge in [-0.25, -0.2) is 0 Å². The Hall–Kier alpha value is -1.41. The third-order valence-electron chi connectivity index (χ3n) is 6.54. The Balaban J connectivity index is 1.49. The first-order valence-electron chi connectivity index (χ1n) is 11.1. The molecule has 0 radical (unpaired) electrons. The lowest BCUT2D eigenvalue weighted by atomic mass is 10.1. The number of ether oxygens (including phenoxy) is 2. The van der Waals surface area contributed by atoms with E-state index in [1.165, 1.54) is 5.57 Å². The van der Waals surface area contributed by atoms with E-state index < -0.39 is 14.1 Å². The van der Waals surface area contributed by atoms with E-state index in [2.05, 4.69) is 39.9 Å². The molecule has 1 fully saturated rings. The second-order valence-corrected chi connectivity index (χ2v) is 14.6. The van der Waals surface area contributed by atoms with E-state index in [1.54, 1.807) is 11.2 Å². The highest BCUT2D eigenvalue weighted by atomic mass is 28.4. The molecule has 1 amide bonds. The van der Waals surface area contributed by atoms with Crippen LogP contribution in [0.15, 0.2) is 34.5 Å². The van der Waals surface area contributed by atoms with Crippen molar-refractivity contribution in [3.8, 4) is 0 Å². The molecule has 6 nitrogen and oxygen atoms in total. The molecule has 0 saturated carbocycles. The lowest BCUT2D eigenvalue weighted by Gasteiger charge is -2.36. The Bertz CT molecular complexity index is 729. The maximum atomic E-state index is 13.0. The molecule has 0 unspecified atom stereocenters. The molecule has 3 rings (SSSR count). The number of carbonyl (C=O) groups excluding carboxylic acids is 1. The van der Waals surface area contributed by atoms with E-state index in [4.69, 9.17) is 18.3 Å². The zero-order valence-corrected chi connectivity index (χ0v) is 20.2. The van der Waals surface area contributed by atoms with Crippen molar-refractivity contribution in [2.75, 3.05) is 31.3 Å². The standard InChI is InChI=1S/C23H37NO5Si/c1-22(2,3)30(4,5)29-15-7-13-24(21-8-6-14-26-21)20(25)10-9-19-11-12-23(18-19)27-16-17-28-23/h6,8,11,14H,7,9-10,12-13,15-18H2,1-5H3. The molecular formula is C23H37NO5Si. The van der Waals surface area contributed by atoms with Crippen LogP contribution in [0, 0.1) is 0 Å². The monoisotopic (exact) mass is 435 g/mol. The van der Waals surface area contributed by atoms with Gasteiger partial charge in [0.2, 0.25) is 11.8 Å². The molecule has 1 aromatic heterocycles. The smallest absolute Gasteiger partial charge is 0.229 e. The van der Waals surface area contributed by atoms with Gasteiger partial charge in [0.05, 0.1) is 19.5 Å². The highest BCUT2D eigenvalue weighted by Gasteiger charge is 2.40. The number of anilines is 1. The number of nitrogens with zero attached hydrogens (tertiary/aromatic N) is 1. The summed E-state index contributed by atoms with van der Waals surface area (Å²) in [5.41, 5.74) is 1.24. The van der Waals surface area contributed by atoms with Crippen LogP contribution in [-0.4, -0.2) is 46.4 Å². The highest BCUT2D eigenvalue weighted by Crippen LogP contribution is 2.38. The first kappa shape index (κ1) is 23.3. The van der Waals surface area contributed by atoms with Crippen molar-refractivity contribution in [2.45, 2.75) is 76.8 Å². The van der Waals surface area contributed by atoms with Crippen LogP contribution in [-0.2, 0) is 18.7 Å². The summed E-state index contributed by atoms with van der Waals surface area (Å²) in [6.45, 7) is 13.8. The largest absolute Gasteiger partial charge is 0.448 e. The number of hydrogen-bond acceptors (Lipinski definition) is 5. The fourth-order valence-electron chi connectivity index (χ4n) is 3.65. The molecule has 2 heterocycles. The third-order valence-corrected chi connectivity index (χ3v) is 11.1. The summed E-state index contributed by atoms with van der Waals surface area (Å²) < 4.78 is 23.3. The predicted molar refractivity (Wildman–Crippen MR) is 120 cm³/mol. The van der Waals surface area contributed by atoms with Crippen molar-refractivity contribution < 1.29 is 23.1 Å². The van der Waals surface area contributed by atoms with E-state index in [1.807, 2.05) is 12.1 Å². The number of amides is 1. The van der Waals surface area contributed by atoms with Gasteiger partial charge in [-0.1, -0.05) is 32.4 Å². The van der Waals surface area contributed by atoms with Gasteiger partial charge in [0.15, 0.2) is 14.1 Å². The second kappa shape index (κ2) is 9.38. The lowest BCUT2D eigenvalue weighted by Crippen LogP contribution is -2.41. The lowest BCUT2D eigenvalue weighted by molar-refractivity contribution is -0.147. The molecule has 1 spiro atoms. The molecule has 7 heteroatoms. The van der Waals surface area contributed by atoms with Crippen LogP contribution in [0.25, 0.3) is 0 Å². The SMILES string of the molecule is CC(C)(C)[Si](C)(C)OCCCN(C(=O)CCC1=CCC2(C1)OCCO2)c1ccco1. The van der Waals surface area contributed by atoms with Crippen LogP contribution in [0.2, 0.25) is 18.1 Å². The second-order valence-electron chi connectivity index (χ2n) is 9.81. The molecule has 2 aliphatic rings. The molecular weight excluding hydrogens is 398 g/mol. The van der Waals surface area contributed by atoms with Crippen LogP contribution in [0.1, 0.15) is 52.9 Å². The van der Waals surface area contributed by atoms with E-state index in [9.17, 15) is 4.79 Å². The normalized spacial score (nSPS) is 18.8. The summed E-state index contributed by atoms with van der Waals surface area (Å²) in [5, 5.41) is 0.183. The minimum absolute atomic E-state index is 0.0763. The number of carbonyl (C=O) groups is 1. The van der Waals surface area contributed by atoms with Gasteiger partial charge in [-0.05, 0) is 37.0 Å². The molecule has 0 aromatic carbocycles. The minimum atomic E-state index is -1.78. The van der Waals surface area contributed by atoms with Gasteiger partial charge in [0.1, 0.15) is 0 Å². The van der Waals surface area contributed by atoms with Gasteiger partial charge in [-0.15, -0.1) is 0 Å². The number of rotatable bonds is 9. The third kappa shape index (κ3) is 5.63. The maximum absolute atomic E-state index is 13.0. The first-order chi connectivity index (χ1) is 14.1. The Kier molecular flexibility index (Phi) is 7.27. The van der Waals surface area contributed by atoms with E-state index in [0.29, 0.717) is 38.7 Å². The fraction of sp³-hybridized carbons (Fsp3) is 0.696. The van der Waals surface area contributed by atoms with E-state index in [-0.39, 0.29) is 10.9 Å². The predicted octanol–water partition coefficient (Wildman–Crippen LogP) is 5.27. The quantitative estimate of drug-likeness (QED) is 0.300. The fourth-order valence-corrected chi connectivity index (χ4v) is 4.74. The molecule has 168 valence electrons. The summed E-state index contributed by atoms with van der Waals surface area (Å²) in [7, 11) is -1.78. The molecule has 1 saturated heterocycles. The summed E-state index contributed by atoms with van der Waals surface area (Å²) in [6.07, 6.45) is 7.29. The molecule has 0 bridgehead atoms. The van der Waals surface area contributed by atoms with Crippen molar-refractivity contribution in [3.63, 3.8) is 0 Å². The Labute approximate surface area is 181 Å². The summed E-state index contributed by atoms with van der Waals surface area (Å²) >= 11 is 0. The minimum Gasteiger partial charge on any atom is -0.448 e. The van der Waals surface area contributed by atoms with Crippen LogP contribution >= 0.6 is 0 Å². The van der Waals surface area contributed by atoms with Gasteiger partial charge in [-0.3, -0.25) is 9.69 Å². The van der Waals surface area contributed by atoms with E-state index in [0.717, 1.165) is 25.7 Å². The van der Waals surface area contributed by atoms with Crippen molar-refractivity contribution in [3.05, 3.63) is 30.0 Å². The molecule has 0 atom stereocenters. The average molecular weight is 436 g/mol. The highest BCUT2D eigenvalue weighted by molar-refractivity contribution is 6.74. The number of furan rings is 1. The van der Waals surface area contributed by atoms with Crippen molar-refractivity contribution in [1.82, 2.24) is 0 Å². The zero-order chi connectivity index (χ0) is 21.8. The van der Waals surface area contributed by atoms with Crippen LogP contribution < -0.4 is 4.90 Å². The molecule has 1 aliphatic carbocycles. The van der Waals surface area contributed by atoms with Gasteiger partial charge < -0.3 is 18.3 Å². The summed E-state index contributed by atoms with van der Waals surface area (Å²) in [4.78, 5) is 14.8. The summed E-state index contributed by atoms with van der Waals surface area (Å²) in [6, 6.07) is 3.66. The zero-order valence-electron chi connectivity index (χ0n) is 19.2. The molecule has 30 heavy (non-hydrogen) atoms. The molecule has 1 aliphatic heterocycles. The van der Waals surface area contributed by atoms with Crippen LogP contribution in [0.4, 0.5) is 5.88 Å². The van der Waals surface area contributed by atoms with Crippen LogP contribution in [0.3, 0.4) is 0 Å². The van der Waals surface area contributed by atoms with Gasteiger partial charge in [0, 0.05) is 38.5 Å². The van der Waals surface area contributed by atoms with E-state index >= 15 is 0 Å². The van der Waals surface area contributed by atoms with Crippen molar-refractivity contribution >= 4 is 20.1 Å². The van der Waals surface area contributed by atoms with Gasteiger partial charge in [0.25, 0.3) is 0 Å². The van der Waals surface area contributed by atoms with Gasteiger partial charge in [-0.2, -0.15) is 0 Å². The average Bonchev–Trinajstić information content (AvgIpc) is 3.42. The topological polar surface area (TPSA) is 61.1 Å². The molecule has 1 aromatic rings. The number of hydrogen-bond donors (Lipinski definition) is 0. The maximum Gasteiger partial charge on any atom is 0.229 e. The summed E-state index contributed by atoms with van der Waals surface area (Å²) in [5.74, 6) is 0.221. The Morgan fingerprint density at radius 2 is 2.00 bits per heavy atom. The van der Waals surface area contributed by atoms with Gasteiger partial charge >= 0.3 is 0 Å². The van der Waals surface area contributed by atoms with Crippen LogP contribution in [0.5, 0.6) is 0 Å². The van der Waals surface area contributed by atoms with Crippen molar-refractivity contribution in [2.24, 2.45) is 0 Å². The Morgan fingerprint density at radius 3 is 2.63 bits per heavy atom. The Morgan fingerprint density at radius 1 is 1.27 bits per heavy atom.